The maximum atomic E-state index is 13.0. The van der Waals surface area contributed by atoms with Crippen LogP contribution in [0.5, 0.6) is 11.5 Å². The van der Waals surface area contributed by atoms with Crippen LogP contribution in [0.2, 0.25) is 0 Å². The molecule has 0 aliphatic carbocycles. The molecule has 196 valence electrons. The Bertz CT molecular complexity index is 1040. The predicted octanol–water partition coefficient (Wildman–Crippen LogP) is 4.10. The average molecular weight is 500 g/mol. The van der Waals surface area contributed by atoms with Crippen LogP contribution in [0.1, 0.15) is 70.5 Å². The minimum absolute atomic E-state index is 0.0876. The number of carbonyl (C=O) groups is 2. The number of ether oxygens (including phenoxy) is 5. The van der Waals surface area contributed by atoms with Gasteiger partial charge < -0.3 is 28.6 Å². The van der Waals surface area contributed by atoms with E-state index in [2.05, 4.69) is 31.7 Å². The van der Waals surface area contributed by atoms with Crippen molar-refractivity contribution in [1.29, 1.82) is 0 Å². The third-order valence-corrected chi connectivity index (χ3v) is 7.48. The third-order valence-electron chi connectivity index (χ3n) is 7.48. The molecule has 0 saturated carbocycles. The van der Waals surface area contributed by atoms with Crippen LogP contribution in [-0.4, -0.2) is 61.5 Å². The fraction of sp³-hybridized carbons (Fsp3) is 0.643. The van der Waals surface area contributed by atoms with Crippen molar-refractivity contribution >= 4 is 11.8 Å². The Hall–Kier alpha value is -2.58. The summed E-state index contributed by atoms with van der Waals surface area (Å²) >= 11 is 0. The fourth-order valence-corrected chi connectivity index (χ4v) is 5.58. The van der Waals surface area contributed by atoms with Gasteiger partial charge in [0.2, 0.25) is 0 Å². The molecule has 36 heavy (non-hydrogen) atoms. The lowest BCUT2D eigenvalue weighted by atomic mass is 9.74. The molecule has 0 amide bonds. The Labute approximate surface area is 212 Å². The van der Waals surface area contributed by atoms with Crippen molar-refractivity contribution in [3.8, 4) is 11.5 Å². The summed E-state index contributed by atoms with van der Waals surface area (Å²) in [4.78, 5) is 27.7. The molecule has 4 aliphatic heterocycles. The zero-order chi connectivity index (χ0) is 25.4. The highest BCUT2D eigenvalue weighted by atomic mass is 16.7. The Morgan fingerprint density at radius 2 is 1.86 bits per heavy atom. The molecule has 8 heteroatoms. The summed E-state index contributed by atoms with van der Waals surface area (Å²) in [6.07, 6.45) is 5.34. The van der Waals surface area contributed by atoms with Gasteiger partial charge in [-0.15, -0.1) is 0 Å². The second-order valence-corrected chi connectivity index (χ2v) is 11.1. The molecule has 0 bridgehead atoms. The minimum atomic E-state index is -0.550. The maximum absolute atomic E-state index is 13.0. The number of nitrogens with zero attached hydrogens (tertiary/aromatic N) is 1. The van der Waals surface area contributed by atoms with Gasteiger partial charge in [-0.2, -0.15) is 0 Å². The van der Waals surface area contributed by atoms with Crippen LogP contribution in [-0.2, 0) is 30.2 Å². The van der Waals surface area contributed by atoms with E-state index in [0.717, 1.165) is 43.4 Å². The summed E-state index contributed by atoms with van der Waals surface area (Å²) in [5.74, 6) is 0.621. The number of rotatable bonds is 4. The average Bonchev–Trinajstić information content (AvgIpc) is 3.04. The first-order valence-electron chi connectivity index (χ1n) is 13.1. The highest BCUT2D eigenvalue weighted by Gasteiger charge is 2.44. The van der Waals surface area contributed by atoms with Gasteiger partial charge >= 0.3 is 5.97 Å². The summed E-state index contributed by atoms with van der Waals surface area (Å²) in [6.45, 7) is 10.0. The van der Waals surface area contributed by atoms with Crippen LogP contribution >= 0.6 is 0 Å². The molecule has 0 N–H and O–H groups in total. The van der Waals surface area contributed by atoms with Crippen LogP contribution < -0.4 is 9.47 Å². The number of ketones is 1. The normalized spacial score (nSPS) is 27.9. The Morgan fingerprint density at radius 1 is 1.11 bits per heavy atom. The fourth-order valence-electron chi connectivity index (χ4n) is 5.58. The monoisotopic (exact) mass is 499 g/mol. The smallest absolute Gasteiger partial charge is 0.343 e. The number of fused-ring (bicyclic) bond motifs is 4. The summed E-state index contributed by atoms with van der Waals surface area (Å²) in [7, 11) is 0. The van der Waals surface area contributed by atoms with Crippen LogP contribution in [0.15, 0.2) is 23.9 Å². The minimum Gasteiger partial charge on any atom is -0.487 e. The summed E-state index contributed by atoms with van der Waals surface area (Å²) in [6, 6.07) is 3.99. The van der Waals surface area contributed by atoms with Crippen molar-refractivity contribution in [2.75, 3.05) is 26.4 Å². The van der Waals surface area contributed by atoms with Crippen LogP contribution in [0.4, 0.5) is 0 Å². The van der Waals surface area contributed by atoms with Crippen molar-refractivity contribution in [2.24, 2.45) is 5.41 Å². The van der Waals surface area contributed by atoms with Crippen molar-refractivity contribution in [3.05, 3.63) is 35.0 Å². The van der Waals surface area contributed by atoms with E-state index in [0.29, 0.717) is 24.7 Å². The number of carbonyl (C=O) groups excluding carboxylic acids is 2. The molecule has 1 fully saturated rings. The van der Waals surface area contributed by atoms with E-state index in [-0.39, 0.29) is 54.3 Å². The van der Waals surface area contributed by atoms with Gasteiger partial charge in [0.05, 0.1) is 12.6 Å². The van der Waals surface area contributed by atoms with Crippen molar-refractivity contribution < 1.29 is 33.3 Å². The number of hydrogen-bond donors (Lipinski definition) is 0. The Kier molecular flexibility index (Phi) is 7.01. The van der Waals surface area contributed by atoms with Crippen LogP contribution in [0.3, 0.4) is 0 Å². The second kappa shape index (κ2) is 10.1. The van der Waals surface area contributed by atoms with Crippen molar-refractivity contribution in [1.82, 2.24) is 4.90 Å². The second-order valence-electron chi connectivity index (χ2n) is 11.1. The van der Waals surface area contributed by atoms with E-state index in [1.165, 1.54) is 0 Å². The van der Waals surface area contributed by atoms with E-state index in [1.807, 2.05) is 6.07 Å². The molecule has 0 spiro atoms. The molecular formula is C28H37NO7. The van der Waals surface area contributed by atoms with E-state index in [1.54, 1.807) is 13.1 Å². The van der Waals surface area contributed by atoms with Gasteiger partial charge in [-0.05, 0) is 61.3 Å². The van der Waals surface area contributed by atoms with Crippen molar-refractivity contribution in [2.45, 2.75) is 84.3 Å². The van der Waals surface area contributed by atoms with E-state index in [4.69, 9.17) is 23.7 Å². The molecule has 1 aromatic carbocycles. The lowest BCUT2D eigenvalue weighted by molar-refractivity contribution is -0.196. The molecule has 1 aromatic rings. The third kappa shape index (κ3) is 4.98. The van der Waals surface area contributed by atoms with Gasteiger partial charge in [0.25, 0.3) is 0 Å². The topological polar surface area (TPSA) is 83.5 Å². The molecule has 0 aromatic heterocycles. The summed E-state index contributed by atoms with van der Waals surface area (Å²) in [5.41, 5.74) is 2.23. The maximum Gasteiger partial charge on any atom is 0.343 e. The molecule has 4 atom stereocenters. The van der Waals surface area contributed by atoms with E-state index < -0.39 is 5.97 Å². The van der Waals surface area contributed by atoms with Gasteiger partial charge in [0.1, 0.15) is 24.9 Å². The molecular weight excluding hydrogens is 462 g/mol. The van der Waals surface area contributed by atoms with Gasteiger partial charge in [-0.1, -0.05) is 20.8 Å². The highest BCUT2D eigenvalue weighted by Crippen LogP contribution is 2.47. The van der Waals surface area contributed by atoms with Gasteiger partial charge in [-0.3, -0.25) is 4.79 Å². The molecule has 4 aliphatic rings. The SMILES string of the molecule is CCOC(=O)C1=CN2C(CC1=O)c1cc3c(cc1CC2C(C)(C)C)OCC(OC1CCCCO1)CO3. The lowest BCUT2D eigenvalue weighted by Gasteiger charge is -2.50. The van der Waals surface area contributed by atoms with Gasteiger partial charge in [0.15, 0.2) is 23.6 Å². The molecule has 0 radical (unpaired) electrons. The zero-order valence-corrected chi connectivity index (χ0v) is 21.7. The first-order valence-corrected chi connectivity index (χ1v) is 13.1. The molecule has 1 saturated heterocycles. The number of hydrogen-bond acceptors (Lipinski definition) is 8. The molecule has 4 unspecified atom stereocenters. The molecule has 4 heterocycles. The quantitative estimate of drug-likeness (QED) is 0.452. The molecule has 8 nitrogen and oxygen atoms in total. The van der Waals surface area contributed by atoms with Crippen LogP contribution in [0.25, 0.3) is 0 Å². The van der Waals surface area contributed by atoms with E-state index in [9.17, 15) is 9.59 Å². The lowest BCUT2D eigenvalue weighted by Crippen LogP contribution is -2.50. The predicted molar refractivity (Wildman–Crippen MR) is 132 cm³/mol. The first-order chi connectivity index (χ1) is 17.2. The standard InChI is InChI=1S/C28H37NO7/c1-5-32-27(31)20-14-29-21(13-22(20)30)19-12-24-23(10-17(19)11-25(29)28(2,3)4)34-15-18(16-35-24)36-26-8-6-7-9-33-26/h10,12,14,18,21,25-26H,5-9,11,13,15-16H2,1-4H3. The number of esters is 1. The number of Topliss-reactive ketones (excluding diaryl/α,β-unsaturated/α-hetero) is 1. The zero-order valence-electron chi connectivity index (χ0n) is 21.7. The molecule has 5 rings (SSSR count). The number of benzene rings is 1. The Morgan fingerprint density at radius 3 is 2.53 bits per heavy atom. The highest BCUT2D eigenvalue weighted by molar-refractivity contribution is 6.17. The summed E-state index contributed by atoms with van der Waals surface area (Å²) in [5, 5.41) is 0. The van der Waals surface area contributed by atoms with E-state index >= 15 is 0 Å². The summed E-state index contributed by atoms with van der Waals surface area (Å²) < 4.78 is 29.3. The van der Waals surface area contributed by atoms with Crippen LogP contribution in [0, 0.1) is 5.41 Å². The largest absolute Gasteiger partial charge is 0.487 e. The first kappa shape index (κ1) is 25.1. The van der Waals surface area contributed by atoms with Crippen molar-refractivity contribution in [3.63, 3.8) is 0 Å². The van der Waals surface area contributed by atoms with Gasteiger partial charge in [-0.25, -0.2) is 4.79 Å². The van der Waals surface area contributed by atoms with Gasteiger partial charge in [0, 0.05) is 25.3 Å². The Balaban J connectivity index is 1.43.